The molecule has 0 spiro atoms. The van der Waals surface area contributed by atoms with E-state index >= 15 is 0 Å². The second-order valence-corrected chi connectivity index (χ2v) is 10.3. The van der Waals surface area contributed by atoms with Crippen molar-refractivity contribution in [2.75, 3.05) is 0 Å². The summed E-state index contributed by atoms with van der Waals surface area (Å²) >= 11 is 0. The van der Waals surface area contributed by atoms with Gasteiger partial charge in [0.2, 0.25) is 0 Å². The first-order valence-electron chi connectivity index (χ1n) is 6.01. The largest absolute Gasteiger partial charge is 0.303 e. The highest BCUT2D eigenvalue weighted by Crippen LogP contribution is 2.12. The molecule has 0 unspecified atom stereocenters. The fourth-order valence-corrected chi connectivity index (χ4v) is 4.51. The van der Waals surface area contributed by atoms with Gasteiger partial charge in [0.25, 0.3) is 0 Å². The van der Waals surface area contributed by atoms with Crippen LogP contribution in [0.3, 0.4) is 0 Å². The molecule has 0 bridgehead atoms. The monoisotopic (exact) mass is 247 g/mol. The normalized spacial score (nSPS) is 11.2. The van der Waals surface area contributed by atoms with Gasteiger partial charge in [-0.1, -0.05) is 30.9 Å². The highest BCUT2D eigenvalue weighted by atomic mass is 28.3. The molecule has 1 aromatic heterocycles. The molecule has 0 saturated carbocycles. The van der Waals surface area contributed by atoms with E-state index in [4.69, 9.17) is 0 Å². The first-order valence-corrected chi connectivity index (χ1v) is 9.51. The molecule has 0 aliphatic carbocycles. The Balaban J connectivity index is 3.23. The number of rotatable bonds is 6. The van der Waals surface area contributed by atoms with Gasteiger partial charge < -0.3 is 4.79 Å². The molecule has 0 aliphatic heterocycles. The van der Waals surface area contributed by atoms with Gasteiger partial charge in [-0.15, -0.1) is 6.58 Å². The summed E-state index contributed by atoms with van der Waals surface area (Å²) in [7, 11) is -1.41. The molecule has 0 fully saturated rings. The molecule has 0 aromatic carbocycles. The minimum absolute atomic E-state index is 0.580. The van der Waals surface area contributed by atoms with Crippen LogP contribution < -0.4 is 5.19 Å². The molecular formula is C14H21NOSi. The highest BCUT2D eigenvalue weighted by molar-refractivity contribution is 6.89. The van der Waals surface area contributed by atoms with E-state index in [-0.39, 0.29) is 0 Å². The second kappa shape index (κ2) is 5.91. The highest BCUT2D eigenvalue weighted by Gasteiger charge is 2.23. The number of nitrogens with zero attached hydrogens (tertiary/aromatic N) is 1. The Morgan fingerprint density at radius 1 is 1.29 bits per heavy atom. The average Bonchev–Trinajstić information content (AvgIpc) is 2.25. The van der Waals surface area contributed by atoms with Crippen LogP contribution in [0.15, 0.2) is 25.0 Å². The van der Waals surface area contributed by atoms with E-state index < -0.39 is 8.07 Å². The van der Waals surface area contributed by atoms with Crippen molar-refractivity contribution in [3.05, 3.63) is 36.2 Å². The summed E-state index contributed by atoms with van der Waals surface area (Å²) in [5.41, 5.74) is 2.53. The molecule has 17 heavy (non-hydrogen) atoms. The Morgan fingerprint density at radius 2 is 1.94 bits per heavy atom. The van der Waals surface area contributed by atoms with E-state index in [0.717, 1.165) is 19.1 Å². The predicted octanol–water partition coefficient (Wildman–Crippen LogP) is 2.49. The smallest absolute Gasteiger partial charge is 0.120 e. The number of aromatic nitrogens is 1. The Kier molecular flexibility index (Phi) is 4.81. The van der Waals surface area contributed by atoms with Crippen LogP contribution >= 0.6 is 0 Å². The van der Waals surface area contributed by atoms with E-state index in [1.807, 2.05) is 18.5 Å². The van der Waals surface area contributed by atoms with Crippen molar-refractivity contribution in [3.8, 4) is 0 Å². The van der Waals surface area contributed by atoms with Gasteiger partial charge in [-0.3, -0.25) is 4.98 Å². The van der Waals surface area contributed by atoms with Crippen molar-refractivity contribution in [3.63, 3.8) is 0 Å². The van der Waals surface area contributed by atoms with Crippen LogP contribution in [0.5, 0.6) is 0 Å². The van der Waals surface area contributed by atoms with Gasteiger partial charge in [0.05, 0.1) is 8.07 Å². The number of aryl methyl sites for hydroxylation is 1. The summed E-state index contributed by atoms with van der Waals surface area (Å²) < 4.78 is 0. The van der Waals surface area contributed by atoms with Crippen molar-refractivity contribution in [1.29, 1.82) is 0 Å². The maximum Gasteiger partial charge on any atom is 0.120 e. The molecular weight excluding hydrogens is 226 g/mol. The maximum absolute atomic E-state index is 10.5. The third-order valence-corrected chi connectivity index (χ3v) is 4.89. The van der Waals surface area contributed by atoms with Crippen LogP contribution in [0.2, 0.25) is 19.6 Å². The van der Waals surface area contributed by atoms with Crippen molar-refractivity contribution >= 4 is 19.5 Å². The second-order valence-electron chi connectivity index (χ2n) is 5.28. The van der Waals surface area contributed by atoms with Crippen LogP contribution in [-0.4, -0.2) is 19.3 Å². The lowest BCUT2D eigenvalue weighted by Gasteiger charge is -2.24. The third-order valence-electron chi connectivity index (χ3n) is 2.75. The molecule has 0 radical (unpaired) electrons. The minimum atomic E-state index is -1.41. The first-order chi connectivity index (χ1) is 8.00. The zero-order valence-corrected chi connectivity index (χ0v) is 12.0. The lowest BCUT2D eigenvalue weighted by atomic mass is 10.1. The standard InChI is InChI=1S/C14H21NOSi/c1-5-7-12-10-15-11-13(8-6-9-16)14(12)17(2,3)4/h5,9-11H,1,6-8H2,2-4H3. The van der Waals surface area contributed by atoms with Gasteiger partial charge in [-0.25, -0.2) is 0 Å². The van der Waals surface area contributed by atoms with Gasteiger partial charge in [0, 0.05) is 18.8 Å². The van der Waals surface area contributed by atoms with Crippen LogP contribution in [0, 0.1) is 0 Å². The zero-order chi connectivity index (χ0) is 12.9. The Labute approximate surface area is 105 Å². The minimum Gasteiger partial charge on any atom is -0.303 e. The molecule has 0 saturated heterocycles. The lowest BCUT2D eigenvalue weighted by molar-refractivity contribution is -0.107. The summed E-state index contributed by atoms with van der Waals surface area (Å²) in [4.78, 5) is 14.8. The van der Waals surface area contributed by atoms with Gasteiger partial charge in [-0.2, -0.15) is 0 Å². The molecule has 92 valence electrons. The van der Waals surface area contributed by atoms with Crippen LogP contribution in [0.1, 0.15) is 17.5 Å². The zero-order valence-electron chi connectivity index (χ0n) is 11.0. The summed E-state index contributed by atoms with van der Waals surface area (Å²) in [5, 5.41) is 1.45. The van der Waals surface area contributed by atoms with Gasteiger partial charge in [0.15, 0.2) is 0 Å². The number of hydrogen-bond acceptors (Lipinski definition) is 2. The Morgan fingerprint density at radius 3 is 2.47 bits per heavy atom. The predicted molar refractivity (Wildman–Crippen MR) is 75.5 cm³/mol. The molecule has 1 aromatic rings. The fraction of sp³-hybridized carbons (Fsp3) is 0.429. The summed E-state index contributed by atoms with van der Waals surface area (Å²) in [6.07, 6.45) is 9.01. The maximum atomic E-state index is 10.5. The van der Waals surface area contributed by atoms with E-state index in [1.54, 1.807) is 0 Å². The lowest BCUT2D eigenvalue weighted by Crippen LogP contribution is -2.43. The van der Waals surface area contributed by atoms with Crippen LogP contribution in [0.25, 0.3) is 0 Å². The molecule has 0 atom stereocenters. The number of pyridine rings is 1. The van der Waals surface area contributed by atoms with Crippen LogP contribution in [-0.2, 0) is 17.6 Å². The number of carbonyl (C=O) groups is 1. The molecule has 3 heteroatoms. The van der Waals surface area contributed by atoms with Crippen molar-refractivity contribution < 1.29 is 4.79 Å². The molecule has 0 N–H and O–H groups in total. The quantitative estimate of drug-likeness (QED) is 0.439. The van der Waals surface area contributed by atoms with Gasteiger partial charge in [0.1, 0.15) is 6.29 Å². The van der Waals surface area contributed by atoms with Crippen molar-refractivity contribution in [1.82, 2.24) is 4.98 Å². The van der Waals surface area contributed by atoms with E-state index in [2.05, 4.69) is 31.2 Å². The van der Waals surface area contributed by atoms with E-state index in [9.17, 15) is 4.79 Å². The van der Waals surface area contributed by atoms with Crippen molar-refractivity contribution in [2.45, 2.75) is 38.9 Å². The summed E-state index contributed by atoms with van der Waals surface area (Å²) in [6.45, 7) is 10.8. The van der Waals surface area contributed by atoms with E-state index in [1.165, 1.54) is 16.3 Å². The van der Waals surface area contributed by atoms with Crippen molar-refractivity contribution in [2.24, 2.45) is 0 Å². The first kappa shape index (κ1) is 13.8. The number of hydrogen-bond donors (Lipinski definition) is 0. The summed E-state index contributed by atoms with van der Waals surface area (Å²) in [6, 6.07) is 0. The number of aldehydes is 1. The van der Waals surface area contributed by atoms with Gasteiger partial charge >= 0.3 is 0 Å². The third kappa shape index (κ3) is 3.63. The average molecular weight is 247 g/mol. The van der Waals surface area contributed by atoms with Gasteiger partial charge in [-0.05, 0) is 24.0 Å². The molecule has 1 rings (SSSR count). The molecule has 0 aliphatic rings. The van der Waals surface area contributed by atoms with Crippen LogP contribution in [0.4, 0.5) is 0 Å². The summed E-state index contributed by atoms with van der Waals surface area (Å²) in [5.74, 6) is 0. The number of allylic oxidation sites excluding steroid dienone is 1. The SMILES string of the molecule is C=CCc1cncc(CCC=O)c1[Si](C)(C)C. The Hall–Kier alpha value is -1.22. The Bertz CT molecular complexity index is 407. The topological polar surface area (TPSA) is 30.0 Å². The van der Waals surface area contributed by atoms with E-state index in [0.29, 0.717) is 6.42 Å². The molecule has 0 amide bonds. The number of carbonyl (C=O) groups excluding carboxylic acids is 1. The molecule has 2 nitrogen and oxygen atoms in total. The molecule has 1 heterocycles. The fourth-order valence-electron chi connectivity index (χ4n) is 2.23.